The Kier molecular flexibility index (Phi) is 4.42. The van der Waals surface area contributed by atoms with Crippen LogP contribution in [0.1, 0.15) is 10.4 Å². The summed E-state index contributed by atoms with van der Waals surface area (Å²) < 4.78 is 26.1. The van der Waals surface area contributed by atoms with E-state index >= 15 is 0 Å². The van der Waals surface area contributed by atoms with Crippen LogP contribution in [0.15, 0.2) is 60.9 Å². The molecule has 0 bridgehead atoms. The molecular weight excluding hydrogens is 314 g/mol. The van der Waals surface area contributed by atoms with E-state index in [9.17, 15) is 13.6 Å². The molecule has 3 aromatic rings. The highest BCUT2D eigenvalue weighted by molar-refractivity contribution is 6.04. The Balaban J connectivity index is 1.75. The Bertz CT molecular complexity index is 871. The van der Waals surface area contributed by atoms with Crippen molar-refractivity contribution in [3.8, 4) is 0 Å². The standard InChI is InChI=1S/C17H12F2N4O/c18-14-6-5-13(10-15(14)19)22-16(24)11-3-1-4-12(9-11)23-17-20-7-2-8-21-17/h1-10H,(H,22,24)(H,20,21,23). The minimum absolute atomic E-state index is 0.170. The van der Waals surface area contributed by atoms with Crippen molar-refractivity contribution in [1.29, 1.82) is 0 Å². The summed E-state index contributed by atoms with van der Waals surface area (Å²) >= 11 is 0. The predicted molar refractivity (Wildman–Crippen MR) is 86.1 cm³/mol. The average Bonchev–Trinajstić information content (AvgIpc) is 2.59. The highest BCUT2D eigenvalue weighted by atomic mass is 19.2. The van der Waals surface area contributed by atoms with Gasteiger partial charge in [-0.15, -0.1) is 0 Å². The fourth-order valence-electron chi connectivity index (χ4n) is 2.01. The second kappa shape index (κ2) is 6.82. The number of carbonyl (C=O) groups excluding carboxylic acids is 1. The summed E-state index contributed by atoms with van der Waals surface area (Å²) in [4.78, 5) is 20.3. The fraction of sp³-hybridized carbons (Fsp3) is 0. The van der Waals surface area contributed by atoms with Gasteiger partial charge in [-0.05, 0) is 36.4 Å². The Labute approximate surface area is 136 Å². The third kappa shape index (κ3) is 3.70. The first-order valence-corrected chi connectivity index (χ1v) is 7.02. The van der Waals surface area contributed by atoms with Gasteiger partial charge < -0.3 is 10.6 Å². The monoisotopic (exact) mass is 326 g/mol. The normalized spacial score (nSPS) is 10.2. The van der Waals surface area contributed by atoms with Crippen LogP contribution < -0.4 is 10.6 Å². The number of hydrogen-bond acceptors (Lipinski definition) is 4. The van der Waals surface area contributed by atoms with Gasteiger partial charge in [0.15, 0.2) is 11.6 Å². The number of rotatable bonds is 4. The Morgan fingerprint density at radius 2 is 1.67 bits per heavy atom. The number of hydrogen-bond donors (Lipinski definition) is 2. The molecule has 120 valence electrons. The molecule has 5 nitrogen and oxygen atoms in total. The van der Waals surface area contributed by atoms with Crippen molar-refractivity contribution in [3.05, 3.63) is 78.1 Å². The van der Waals surface area contributed by atoms with Crippen LogP contribution in [0.2, 0.25) is 0 Å². The highest BCUT2D eigenvalue weighted by Gasteiger charge is 2.09. The number of halogens is 2. The number of benzene rings is 2. The summed E-state index contributed by atoms with van der Waals surface area (Å²) in [5.41, 5.74) is 1.14. The van der Waals surface area contributed by atoms with Crippen molar-refractivity contribution in [2.45, 2.75) is 0 Å². The van der Waals surface area contributed by atoms with E-state index in [2.05, 4.69) is 20.6 Å². The molecule has 0 aliphatic carbocycles. The predicted octanol–water partition coefficient (Wildman–Crippen LogP) is 3.75. The van der Waals surface area contributed by atoms with E-state index < -0.39 is 17.5 Å². The first-order valence-electron chi connectivity index (χ1n) is 7.02. The van der Waals surface area contributed by atoms with Gasteiger partial charge in [0.25, 0.3) is 5.91 Å². The number of carbonyl (C=O) groups is 1. The summed E-state index contributed by atoms with van der Waals surface area (Å²) in [6.07, 6.45) is 3.18. The summed E-state index contributed by atoms with van der Waals surface area (Å²) in [6, 6.07) is 11.5. The van der Waals surface area contributed by atoms with Gasteiger partial charge in [0.05, 0.1) is 0 Å². The lowest BCUT2D eigenvalue weighted by atomic mass is 10.2. The number of nitrogens with one attached hydrogen (secondary N) is 2. The minimum Gasteiger partial charge on any atom is -0.324 e. The fourth-order valence-corrected chi connectivity index (χ4v) is 2.01. The molecule has 24 heavy (non-hydrogen) atoms. The van der Waals surface area contributed by atoms with Crippen LogP contribution in [0.4, 0.5) is 26.1 Å². The van der Waals surface area contributed by atoms with Gasteiger partial charge in [-0.1, -0.05) is 6.07 Å². The molecule has 7 heteroatoms. The molecule has 0 saturated heterocycles. The molecular formula is C17H12F2N4O. The van der Waals surface area contributed by atoms with Crippen molar-refractivity contribution in [2.24, 2.45) is 0 Å². The maximum absolute atomic E-state index is 13.2. The molecule has 0 spiro atoms. The van der Waals surface area contributed by atoms with E-state index in [1.165, 1.54) is 6.07 Å². The topological polar surface area (TPSA) is 66.9 Å². The lowest BCUT2D eigenvalue weighted by molar-refractivity contribution is 0.102. The maximum atomic E-state index is 13.2. The quantitative estimate of drug-likeness (QED) is 0.766. The minimum atomic E-state index is -1.02. The van der Waals surface area contributed by atoms with Crippen LogP contribution >= 0.6 is 0 Å². The second-order valence-electron chi connectivity index (χ2n) is 4.86. The Hall–Kier alpha value is -3.35. The molecule has 1 aromatic heterocycles. The SMILES string of the molecule is O=C(Nc1ccc(F)c(F)c1)c1cccc(Nc2ncccn2)c1. The molecule has 1 heterocycles. The van der Waals surface area contributed by atoms with E-state index in [1.54, 1.807) is 42.7 Å². The van der Waals surface area contributed by atoms with Crippen molar-refractivity contribution < 1.29 is 13.6 Å². The van der Waals surface area contributed by atoms with Crippen LogP contribution in [0.3, 0.4) is 0 Å². The maximum Gasteiger partial charge on any atom is 0.255 e. The van der Waals surface area contributed by atoms with Gasteiger partial charge in [0, 0.05) is 35.4 Å². The Morgan fingerprint density at radius 3 is 2.42 bits per heavy atom. The molecule has 0 saturated carbocycles. The molecule has 0 unspecified atom stereocenters. The number of aromatic nitrogens is 2. The summed E-state index contributed by atoms with van der Waals surface area (Å²) in [5.74, 6) is -2.04. The van der Waals surface area contributed by atoms with Crippen LogP contribution in [0, 0.1) is 11.6 Å². The van der Waals surface area contributed by atoms with Gasteiger partial charge in [-0.25, -0.2) is 18.7 Å². The van der Waals surface area contributed by atoms with Gasteiger partial charge in [-0.2, -0.15) is 0 Å². The number of amides is 1. The first-order chi connectivity index (χ1) is 11.6. The van der Waals surface area contributed by atoms with E-state index in [0.29, 0.717) is 17.2 Å². The third-order valence-electron chi connectivity index (χ3n) is 3.12. The molecule has 0 aliphatic heterocycles. The van der Waals surface area contributed by atoms with Crippen molar-refractivity contribution in [1.82, 2.24) is 9.97 Å². The second-order valence-corrected chi connectivity index (χ2v) is 4.86. The lowest BCUT2D eigenvalue weighted by Crippen LogP contribution is -2.12. The number of nitrogens with zero attached hydrogens (tertiary/aromatic N) is 2. The van der Waals surface area contributed by atoms with E-state index in [4.69, 9.17) is 0 Å². The van der Waals surface area contributed by atoms with Crippen LogP contribution in [0.25, 0.3) is 0 Å². The van der Waals surface area contributed by atoms with Crippen molar-refractivity contribution in [3.63, 3.8) is 0 Å². The van der Waals surface area contributed by atoms with Gasteiger partial charge in [0.1, 0.15) is 0 Å². The summed E-state index contributed by atoms with van der Waals surface area (Å²) in [5, 5.41) is 5.48. The van der Waals surface area contributed by atoms with Gasteiger partial charge in [-0.3, -0.25) is 4.79 Å². The molecule has 0 radical (unpaired) electrons. The summed E-state index contributed by atoms with van der Waals surface area (Å²) in [7, 11) is 0. The lowest BCUT2D eigenvalue weighted by Gasteiger charge is -2.08. The highest BCUT2D eigenvalue weighted by Crippen LogP contribution is 2.17. The van der Waals surface area contributed by atoms with E-state index in [0.717, 1.165) is 12.1 Å². The Morgan fingerprint density at radius 1 is 0.875 bits per heavy atom. The molecule has 2 aromatic carbocycles. The average molecular weight is 326 g/mol. The van der Waals surface area contributed by atoms with Crippen LogP contribution in [-0.4, -0.2) is 15.9 Å². The molecule has 0 atom stereocenters. The third-order valence-corrected chi connectivity index (χ3v) is 3.12. The molecule has 2 N–H and O–H groups in total. The summed E-state index contributed by atoms with van der Waals surface area (Å²) in [6.45, 7) is 0. The van der Waals surface area contributed by atoms with Crippen LogP contribution in [0.5, 0.6) is 0 Å². The van der Waals surface area contributed by atoms with E-state index in [1.807, 2.05) is 0 Å². The molecule has 0 aliphatic rings. The van der Waals surface area contributed by atoms with Crippen molar-refractivity contribution >= 4 is 23.2 Å². The number of anilines is 3. The van der Waals surface area contributed by atoms with Gasteiger partial charge in [0.2, 0.25) is 5.95 Å². The largest absolute Gasteiger partial charge is 0.324 e. The van der Waals surface area contributed by atoms with Crippen molar-refractivity contribution in [2.75, 3.05) is 10.6 Å². The molecule has 0 fully saturated rings. The van der Waals surface area contributed by atoms with Gasteiger partial charge >= 0.3 is 0 Å². The molecule has 1 amide bonds. The zero-order chi connectivity index (χ0) is 16.9. The van der Waals surface area contributed by atoms with Crippen LogP contribution in [-0.2, 0) is 0 Å². The molecule has 3 rings (SSSR count). The first kappa shape index (κ1) is 15.5. The smallest absolute Gasteiger partial charge is 0.255 e. The zero-order valence-electron chi connectivity index (χ0n) is 12.3. The zero-order valence-corrected chi connectivity index (χ0v) is 12.3. The van der Waals surface area contributed by atoms with E-state index in [-0.39, 0.29) is 5.69 Å².